The van der Waals surface area contributed by atoms with Crippen molar-refractivity contribution in [2.75, 3.05) is 13.2 Å². The third-order valence-electron chi connectivity index (χ3n) is 6.90. The Morgan fingerprint density at radius 3 is 2.23 bits per heavy atom. The Hall–Kier alpha value is -2.93. The molecule has 8 unspecified atom stereocenters. The highest BCUT2D eigenvalue weighted by Gasteiger charge is 2.49. The summed E-state index contributed by atoms with van der Waals surface area (Å²) in [5, 5.41) is 28.5. The molecule has 1 aromatic carbocycles. The van der Waals surface area contributed by atoms with E-state index in [-0.39, 0.29) is 19.4 Å². The molecule has 2 saturated heterocycles. The maximum atomic E-state index is 13.6. The molecule has 0 spiro atoms. The summed E-state index contributed by atoms with van der Waals surface area (Å²) in [6.07, 6.45) is -0.896. The molecule has 0 aliphatic carbocycles. The first kappa shape index (κ1) is 31.6. The van der Waals surface area contributed by atoms with Gasteiger partial charge in [-0.15, -0.1) is 23.2 Å². The number of aliphatic hydroxyl groups is 2. The molecule has 0 bridgehead atoms. The molecule has 0 radical (unpaired) electrons. The molecule has 8 atom stereocenters. The average Bonchev–Trinajstić information content (AvgIpc) is 3.22. The smallest absolute Gasteiger partial charge is 0.245 e. The maximum absolute atomic E-state index is 13.6. The highest BCUT2D eigenvalue weighted by atomic mass is 35.5. The second-order valence-electron chi connectivity index (χ2n) is 9.95. The second-order valence-corrected chi connectivity index (χ2v) is 11.0. The van der Waals surface area contributed by atoms with Crippen LogP contribution in [0.25, 0.3) is 0 Å². The van der Waals surface area contributed by atoms with E-state index < -0.39 is 83.2 Å². The van der Waals surface area contributed by atoms with Crippen LogP contribution in [0.15, 0.2) is 30.3 Å². The first-order chi connectivity index (χ1) is 19.0. The first-order valence-corrected chi connectivity index (χ1v) is 14.0. The fourth-order valence-electron chi connectivity index (χ4n) is 4.78. The molecular weight excluding hydrogens is 565 g/mol. The lowest BCUT2D eigenvalue weighted by Crippen LogP contribution is -2.62. The Morgan fingerprint density at radius 1 is 0.950 bits per heavy atom. The molecule has 3 rings (SSSR count). The third kappa shape index (κ3) is 7.42. The van der Waals surface area contributed by atoms with Gasteiger partial charge in [-0.2, -0.15) is 0 Å². The minimum absolute atomic E-state index is 0.0798. The number of carbonyl (C=O) groups is 5. The Labute approximate surface area is 242 Å². The Bertz CT molecular complexity index is 1090. The fraction of sp³-hybridized carbons (Fsp3) is 0.577. The second kappa shape index (κ2) is 14.1. The molecule has 2 heterocycles. The first-order valence-electron chi connectivity index (χ1n) is 13.1. The van der Waals surface area contributed by atoms with Crippen molar-refractivity contribution in [1.29, 1.82) is 0 Å². The summed E-state index contributed by atoms with van der Waals surface area (Å²) in [6, 6.07) is 2.42. The highest BCUT2D eigenvalue weighted by molar-refractivity contribution is 6.32. The SMILES string of the molecule is CCCC1NC(=O)CC(c2ccccc2)NC(=O)C(CO)NC(=O)C(C(C)O)NC(=O)C2C(Cl)C(Cl)CN2C1=O. The summed E-state index contributed by atoms with van der Waals surface area (Å²) in [5.74, 6) is -3.71. The van der Waals surface area contributed by atoms with Crippen LogP contribution in [0.1, 0.15) is 44.7 Å². The van der Waals surface area contributed by atoms with E-state index in [1.165, 1.54) is 11.8 Å². The predicted octanol–water partition coefficient (Wildman–Crippen LogP) is -0.699. The summed E-state index contributed by atoms with van der Waals surface area (Å²) in [6.45, 7) is 2.21. The van der Waals surface area contributed by atoms with Crippen molar-refractivity contribution in [1.82, 2.24) is 26.2 Å². The number of benzene rings is 1. The zero-order chi connectivity index (χ0) is 29.6. The number of hydrogen-bond donors (Lipinski definition) is 6. The number of amides is 5. The van der Waals surface area contributed by atoms with Gasteiger partial charge in [-0.05, 0) is 18.9 Å². The number of carbonyl (C=O) groups excluding carboxylic acids is 5. The number of nitrogens with one attached hydrogen (secondary N) is 4. The fourth-order valence-corrected chi connectivity index (χ4v) is 5.40. The van der Waals surface area contributed by atoms with Gasteiger partial charge in [-0.3, -0.25) is 24.0 Å². The predicted molar refractivity (Wildman–Crippen MR) is 146 cm³/mol. The zero-order valence-electron chi connectivity index (χ0n) is 22.2. The van der Waals surface area contributed by atoms with Gasteiger partial charge in [0.2, 0.25) is 29.5 Å². The Balaban J connectivity index is 2.04. The van der Waals surface area contributed by atoms with Gasteiger partial charge < -0.3 is 36.4 Å². The minimum Gasteiger partial charge on any atom is -0.394 e. The van der Waals surface area contributed by atoms with Crippen molar-refractivity contribution < 1.29 is 34.2 Å². The molecule has 6 N–H and O–H groups in total. The van der Waals surface area contributed by atoms with E-state index in [2.05, 4.69) is 21.3 Å². The van der Waals surface area contributed by atoms with Crippen LogP contribution in [0, 0.1) is 0 Å². The molecule has 5 amide bonds. The van der Waals surface area contributed by atoms with E-state index in [1.807, 2.05) is 6.92 Å². The standard InChI is InChI=1S/C26H35Cl2N5O7/c1-3-7-16-26(40)33-11-15(27)20(28)22(33)25(39)32-21(13(2)35)24(38)31-18(12-34)23(37)30-17(10-19(36)29-16)14-8-5-4-6-9-14/h4-6,8-9,13,15-18,20-22,34-35H,3,7,10-12H2,1-2H3,(H,29,36)(H,30,37)(H,31,38)(H,32,39). The lowest BCUT2D eigenvalue weighted by Gasteiger charge is -2.32. The molecule has 0 aromatic heterocycles. The summed E-state index contributed by atoms with van der Waals surface area (Å²) < 4.78 is 0. The molecule has 1 aromatic rings. The third-order valence-corrected chi connectivity index (χ3v) is 7.98. The monoisotopic (exact) mass is 599 g/mol. The highest BCUT2D eigenvalue weighted by Crippen LogP contribution is 2.29. The number of halogens is 2. The molecule has 2 fully saturated rings. The largest absolute Gasteiger partial charge is 0.394 e. The molecule has 14 heteroatoms. The van der Waals surface area contributed by atoms with Crippen LogP contribution in [0.2, 0.25) is 0 Å². The van der Waals surface area contributed by atoms with Crippen molar-refractivity contribution in [3.8, 4) is 0 Å². The zero-order valence-corrected chi connectivity index (χ0v) is 23.7. The van der Waals surface area contributed by atoms with Gasteiger partial charge >= 0.3 is 0 Å². The quantitative estimate of drug-likeness (QED) is 0.242. The van der Waals surface area contributed by atoms with Crippen molar-refractivity contribution in [2.45, 2.75) is 80.2 Å². The number of fused-ring (bicyclic) bond motifs is 1. The summed E-state index contributed by atoms with van der Waals surface area (Å²) in [4.78, 5) is 67.5. The number of alkyl halides is 2. The number of aliphatic hydroxyl groups excluding tert-OH is 2. The van der Waals surface area contributed by atoms with E-state index in [9.17, 15) is 34.2 Å². The van der Waals surface area contributed by atoms with Crippen LogP contribution in [-0.2, 0) is 24.0 Å². The van der Waals surface area contributed by atoms with Crippen LogP contribution < -0.4 is 21.3 Å². The van der Waals surface area contributed by atoms with Gasteiger partial charge in [0.15, 0.2) is 0 Å². The van der Waals surface area contributed by atoms with Crippen molar-refractivity contribution in [3.63, 3.8) is 0 Å². The van der Waals surface area contributed by atoms with Crippen LogP contribution in [0.5, 0.6) is 0 Å². The van der Waals surface area contributed by atoms with Crippen molar-refractivity contribution in [3.05, 3.63) is 35.9 Å². The summed E-state index contributed by atoms with van der Waals surface area (Å²) in [7, 11) is 0. The minimum atomic E-state index is -1.55. The number of rotatable bonds is 5. The van der Waals surface area contributed by atoms with E-state index >= 15 is 0 Å². The Kier molecular flexibility index (Phi) is 11.1. The molecular formula is C26H35Cl2N5O7. The average molecular weight is 600 g/mol. The molecule has 0 saturated carbocycles. The summed E-state index contributed by atoms with van der Waals surface area (Å²) in [5.41, 5.74) is 0.581. The van der Waals surface area contributed by atoms with E-state index in [0.29, 0.717) is 12.0 Å². The lowest BCUT2D eigenvalue weighted by atomic mass is 10.0. The van der Waals surface area contributed by atoms with Gasteiger partial charge in [0.25, 0.3) is 0 Å². The van der Waals surface area contributed by atoms with Gasteiger partial charge in [0, 0.05) is 6.54 Å². The van der Waals surface area contributed by atoms with Crippen LogP contribution in [-0.4, -0.2) is 98.8 Å². The number of hydrogen-bond acceptors (Lipinski definition) is 7. The molecule has 220 valence electrons. The van der Waals surface area contributed by atoms with Crippen molar-refractivity contribution >= 4 is 52.7 Å². The maximum Gasteiger partial charge on any atom is 0.245 e. The van der Waals surface area contributed by atoms with E-state index in [1.54, 1.807) is 30.3 Å². The topological polar surface area (TPSA) is 177 Å². The van der Waals surface area contributed by atoms with Gasteiger partial charge in [0.05, 0.1) is 35.9 Å². The van der Waals surface area contributed by atoms with E-state index in [0.717, 1.165) is 0 Å². The van der Waals surface area contributed by atoms with Gasteiger partial charge in [0.1, 0.15) is 24.2 Å². The normalized spacial score (nSPS) is 31.5. The Morgan fingerprint density at radius 2 is 1.62 bits per heavy atom. The molecule has 40 heavy (non-hydrogen) atoms. The van der Waals surface area contributed by atoms with Crippen LogP contribution in [0.3, 0.4) is 0 Å². The van der Waals surface area contributed by atoms with E-state index in [4.69, 9.17) is 23.2 Å². The molecule has 2 aliphatic rings. The summed E-state index contributed by atoms with van der Waals surface area (Å²) >= 11 is 12.8. The molecule has 2 aliphatic heterocycles. The van der Waals surface area contributed by atoms with Crippen LogP contribution in [0.4, 0.5) is 0 Å². The molecule has 12 nitrogen and oxygen atoms in total. The lowest BCUT2D eigenvalue weighted by molar-refractivity contribution is -0.143. The van der Waals surface area contributed by atoms with Gasteiger partial charge in [-0.25, -0.2) is 0 Å². The van der Waals surface area contributed by atoms with Crippen molar-refractivity contribution in [2.24, 2.45) is 0 Å². The van der Waals surface area contributed by atoms with Crippen LogP contribution >= 0.6 is 23.2 Å². The number of nitrogens with zero attached hydrogens (tertiary/aromatic N) is 1. The van der Waals surface area contributed by atoms with Gasteiger partial charge in [-0.1, -0.05) is 43.7 Å².